The molecule has 1 atom stereocenters. The summed E-state index contributed by atoms with van der Waals surface area (Å²) in [4.78, 5) is 0. The number of nitrogens with two attached hydrogens (primary N) is 1. The second kappa shape index (κ2) is 3.55. The average Bonchev–Trinajstić information content (AvgIpc) is 2.55. The molecule has 1 fully saturated rings. The SMILES string of the molecule is CCC(N)(CC)C1CCOC1. The molecule has 0 radical (unpaired) electrons. The average molecular weight is 157 g/mol. The van der Waals surface area contributed by atoms with Crippen molar-refractivity contribution in [2.45, 2.75) is 38.6 Å². The van der Waals surface area contributed by atoms with Crippen LogP contribution in [0.1, 0.15) is 33.1 Å². The van der Waals surface area contributed by atoms with Gasteiger partial charge in [0.25, 0.3) is 0 Å². The Kier molecular flexibility index (Phi) is 2.90. The molecule has 2 nitrogen and oxygen atoms in total. The zero-order valence-corrected chi connectivity index (χ0v) is 7.60. The Hall–Kier alpha value is -0.0800. The Morgan fingerprint density at radius 3 is 2.45 bits per heavy atom. The van der Waals surface area contributed by atoms with E-state index < -0.39 is 0 Å². The molecule has 1 aliphatic heterocycles. The second-order valence-electron chi connectivity index (χ2n) is 3.50. The predicted octanol–water partition coefficient (Wildman–Crippen LogP) is 1.54. The normalized spacial score (nSPS) is 25.9. The molecule has 66 valence electrons. The van der Waals surface area contributed by atoms with Crippen LogP contribution in [0.4, 0.5) is 0 Å². The summed E-state index contributed by atoms with van der Waals surface area (Å²) in [5.74, 6) is 0.595. The Morgan fingerprint density at radius 2 is 2.09 bits per heavy atom. The van der Waals surface area contributed by atoms with Gasteiger partial charge >= 0.3 is 0 Å². The lowest BCUT2D eigenvalue weighted by Gasteiger charge is -2.32. The summed E-state index contributed by atoms with van der Waals surface area (Å²) in [6.07, 6.45) is 3.28. The molecule has 1 saturated heterocycles. The smallest absolute Gasteiger partial charge is 0.0512 e. The van der Waals surface area contributed by atoms with Crippen LogP contribution in [0.3, 0.4) is 0 Å². The van der Waals surface area contributed by atoms with Crippen LogP contribution < -0.4 is 5.73 Å². The highest BCUT2D eigenvalue weighted by Gasteiger charge is 2.33. The number of rotatable bonds is 3. The maximum absolute atomic E-state index is 6.22. The molecule has 0 bridgehead atoms. The van der Waals surface area contributed by atoms with E-state index in [-0.39, 0.29) is 5.54 Å². The zero-order chi connectivity index (χ0) is 8.32. The number of hydrogen-bond donors (Lipinski definition) is 1. The van der Waals surface area contributed by atoms with Gasteiger partial charge in [-0.15, -0.1) is 0 Å². The van der Waals surface area contributed by atoms with E-state index in [9.17, 15) is 0 Å². The fraction of sp³-hybridized carbons (Fsp3) is 1.00. The van der Waals surface area contributed by atoms with Gasteiger partial charge in [0.1, 0.15) is 0 Å². The Morgan fingerprint density at radius 1 is 1.45 bits per heavy atom. The van der Waals surface area contributed by atoms with Gasteiger partial charge in [0.05, 0.1) is 6.61 Å². The first-order chi connectivity index (χ1) is 5.23. The van der Waals surface area contributed by atoms with Crippen LogP contribution in [0.15, 0.2) is 0 Å². The summed E-state index contributed by atoms with van der Waals surface area (Å²) in [5, 5.41) is 0. The summed E-state index contributed by atoms with van der Waals surface area (Å²) >= 11 is 0. The second-order valence-corrected chi connectivity index (χ2v) is 3.50. The van der Waals surface area contributed by atoms with Crippen molar-refractivity contribution in [3.05, 3.63) is 0 Å². The molecule has 0 aromatic heterocycles. The standard InChI is InChI=1S/C9H19NO/c1-3-9(10,4-2)8-5-6-11-7-8/h8H,3-7,10H2,1-2H3. The van der Waals surface area contributed by atoms with E-state index in [2.05, 4.69) is 13.8 Å². The molecule has 1 aliphatic rings. The van der Waals surface area contributed by atoms with Crippen molar-refractivity contribution in [3.63, 3.8) is 0 Å². The Bertz CT molecular complexity index is 115. The first kappa shape index (κ1) is 9.01. The number of ether oxygens (including phenoxy) is 1. The summed E-state index contributed by atoms with van der Waals surface area (Å²) in [7, 11) is 0. The minimum Gasteiger partial charge on any atom is -0.381 e. The Balaban J connectivity index is 2.52. The van der Waals surface area contributed by atoms with E-state index in [1.54, 1.807) is 0 Å². The van der Waals surface area contributed by atoms with Crippen molar-refractivity contribution in [3.8, 4) is 0 Å². The van der Waals surface area contributed by atoms with Crippen molar-refractivity contribution in [2.75, 3.05) is 13.2 Å². The van der Waals surface area contributed by atoms with Crippen molar-refractivity contribution in [2.24, 2.45) is 11.7 Å². The van der Waals surface area contributed by atoms with Gasteiger partial charge in [0.2, 0.25) is 0 Å². The van der Waals surface area contributed by atoms with Gasteiger partial charge in [-0.2, -0.15) is 0 Å². The minimum absolute atomic E-state index is 0.0382. The molecule has 2 N–H and O–H groups in total. The third-order valence-electron chi connectivity index (χ3n) is 3.06. The van der Waals surface area contributed by atoms with Crippen LogP contribution in [0, 0.1) is 5.92 Å². The van der Waals surface area contributed by atoms with Crippen LogP contribution >= 0.6 is 0 Å². The van der Waals surface area contributed by atoms with E-state index in [1.807, 2.05) is 0 Å². The van der Waals surface area contributed by atoms with Gasteiger partial charge in [0, 0.05) is 18.1 Å². The van der Waals surface area contributed by atoms with Gasteiger partial charge in [-0.25, -0.2) is 0 Å². The summed E-state index contributed by atoms with van der Waals surface area (Å²) in [6, 6.07) is 0. The molecule has 1 rings (SSSR count). The highest BCUT2D eigenvalue weighted by atomic mass is 16.5. The molecular weight excluding hydrogens is 138 g/mol. The van der Waals surface area contributed by atoms with Crippen molar-refractivity contribution >= 4 is 0 Å². The van der Waals surface area contributed by atoms with Crippen molar-refractivity contribution in [1.82, 2.24) is 0 Å². The molecule has 0 spiro atoms. The van der Waals surface area contributed by atoms with Crippen molar-refractivity contribution < 1.29 is 4.74 Å². The molecule has 0 aromatic carbocycles. The fourth-order valence-corrected chi connectivity index (χ4v) is 1.82. The van der Waals surface area contributed by atoms with Crippen LogP contribution in [0.5, 0.6) is 0 Å². The maximum atomic E-state index is 6.22. The molecule has 0 amide bonds. The lowest BCUT2D eigenvalue weighted by atomic mass is 9.80. The lowest BCUT2D eigenvalue weighted by Crippen LogP contribution is -2.46. The van der Waals surface area contributed by atoms with Gasteiger partial charge in [-0.05, 0) is 19.3 Å². The van der Waals surface area contributed by atoms with Crippen LogP contribution in [0.2, 0.25) is 0 Å². The lowest BCUT2D eigenvalue weighted by molar-refractivity contribution is 0.158. The third-order valence-corrected chi connectivity index (χ3v) is 3.06. The molecule has 0 aromatic rings. The molecule has 11 heavy (non-hydrogen) atoms. The van der Waals surface area contributed by atoms with Crippen LogP contribution in [-0.4, -0.2) is 18.8 Å². The van der Waals surface area contributed by atoms with Crippen LogP contribution in [-0.2, 0) is 4.74 Å². The molecular formula is C9H19NO. The molecule has 1 heterocycles. The molecule has 2 heteroatoms. The molecule has 1 unspecified atom stereocenters. The highest BCUT2D eigenvalue weighted by molar-refractivity contribution is 4.90. The first-order valence-corrected chi connectivity index (χ1v) is 4.59. The third kappa shape index (κ3) is 1.74. The quantitative estimate of drug-likeness (QED) is 0.674. The van der Waals surface area contributed by atoms with Crippen molar-refractivity contribution in [1.29, 1.82) is 0 Å². The monoisotopic (exact) mass is 157 g/mol. The van der Waals surface area contributed by atoms with Gasteiger partial charge in [-0.1, -0.05) is 13.8 Å². The van der Waals surface area contributed by atoms with Crippen LogP contribution in [0.25, 0.3) is 0 Å². The highest BCUT2D eigenvalue weighted by Crippen LogP contribution is 2.28. The summed E-state index contributed by atoms with van der Waals surface area (Å²) in [5.41, 5.74) is 6.26. The van der Waals surface area contributed by atoms with Gasteiger partial charge in [0.15, 0.2) is 0 Å². The minimum atomic E-state index is 0.0382. The van der Waals surface area contributed by atoms with Gasteiger partial charge < -0.3 is 10.5 Å². The predicted molar refractivity (Wildman–Crippen MR) is 46.4 cm³/mol. The number of hydrogen-bond acceptors (Lipinski definition) is 2. The molecule has 0 saturated carbocycles. The van der Waals surface area contributed by atoms with E-state index in [0.29, 0.717) is 5.92 Å². The zero-order valence-electron chi connectivity index (χ0n) is 7.60. The summed E-state index contributed by atoms with van der Waals surface area (Å²) < 4.78 is 5.33. The van der Waals surface area contributed by atoms with E-state index >= 15 is 0 Å². The molecule has 0 aliphatic carbocycles. The fourth-order valence-electron chi connectivity index (χ4n) is 1.82. The Labute approximate surface area is 69.1 Å². The summed E-state index contributed by atoms with van der Waals surface area (Å²) in [6.45, 7) is 6.12. The topological polar surface area (TPSA) is 35.2 Å². The first-order valence-electron chi connectivity index (χ1n) is 4.59. The van der Waals surface area contributed by atoms with E-state index in [1.165, 1.54) is 0 Å². The maximum Gasteiger partial charge on any atom is 0.0512 e. The van der Waals surface area contributed by atoms with E-state index in [0.717, 1.165) is 32.5 Å². The van der Waals surface area contributed by atoms with E-state index in [4.69, 9.17) is 10.5 Å². The largest absolute Gasteiger partial charge is 0.381 e. The van der Waals surface area contributed by atoms with Gasteiger partial charge in [-0.3, -0.25) is 0 Å².